The fourth-order valence-electron chi connectivity index (χ4n) is 2.52. The zero-order chi connectivity index (χ0) is 14.9. The summed E-state index contributed by atoms with van der Waals surface area (Å²) < 4.78 is 27.2. The van der Waals surface area contributed by atoms with E-state index in [4.69, 9.17) is 17.3 Å². The van der Waals surface area contributed by atoms with E-state index >= 15 is 0 Å². The Hall–Kier alpha value is -1.20. The molecule has 0 aromatic heterocycles. The maximum absolute atomic E-state index is 13.8. The summed E-state index contributed by atoms with van der Waals surface area (Å²) in [5.41, 5.74) is 5.69. The lowest BCUT2D eigenvalue weighted by atomic mass is 9.90. The van der Waals surface area contributed by atoms with Crippen molar-refractivity contribution in [2.45, 2.75) is 25.8 Å². The van der Waals surface area contributed by atoms with Crippen LogP contribution in [0.2, 0.25) is 5.02 Å². The fourth-order valence-corrected chi connectivity index (χ4v) is 2.67. The number of carbonyl (C=O) groups is 1. The molecular formula is C14H17ClF2N2O. The summed E-state index contributed by atoms with van der Waals surface area (Å²) in [4.78, 5) is 13.8. The van der Waals surface area contributed by atoms with Crippen LogP contribution in [0.15, 0.2) is 12.1 Å². The second kappa shape index (κ2) is 6.06. The molecule has 0 radical (unpaired) electrons. The number of nitrogens with zero attached hydrogens (tertiary/aromatic N) is 1. The van der Waals surface area contributed by atoms with Crippen molar-refractivity contribution in [2.75, 3.05) is 13.1 Å². The summed E-state index contributed by atoms with van der Waals surface area (Å²) >= 11 is 5.48. The number of likely N-dealkylation sites (tertiary alicyclic amines) is 1. The maximum atomic E-state index is 13.8. The number of benzene rings is 1. The second-order valence-electron chi connectivity index (χ2n) is 5.12. The van der Waals surface area contributed by atoms with Crippen molar-refractivity contribution < 1.29 is 13.6 Å². The predicted molar refractivity (Wildman–Crippen MR) is 73.6 cm³/mol. The van der Waals surface area contributed by atoms with Crippen molar-refractivity contribution >= 4 is 17.5 Å². The zero-order valence-electron chi connectivity index (χ0n) is 11.2. The highest BCUT2D eigenvalue weighted by Gasteiger charge is 2.30. The van der Waals surface area contributed by atoms with E-state index in [9.17, 15) is 13.6 Å². The number of hydrogen-bond acceptors (Lipinski definition) is 2. The van der Waals surface area contributed by atoms with Crippen LogP contribution in [0.4, 0.5) is 8.78 Å². The molecule has 0 bridgehead atoms. The van der Waals surface area contributed by atoms with Crippen LogP contribution in [0.25, 0.3) is 0 Å². The summed E-state index contributed by atoms with van der Waals surface area (Å²) in [6, 6.07) is 1.74. The largest absolute Gasteiger partial charge is 0.338 e. The minimum Gasteiger partial charge on any atom is -0.338 e. The van der Waals surface area contributed by atoms with Gasteiger partial charge in [0.05, 0.1) is 10.6 Å². The number of halogens is 3. The van der Waals surface area contributed by atoms with E-state index in [0.717, 1.165) is 18.6 Å². The number of carbonyl (C=O) groups excluding carboxylic acids is 1. The Bertz CT molecular complexity index is 524. The van der Waals surface area contributed by atoms with Gasteiger partial charge in [-0.2, -0.15) is 0 Å². The standard InChI is InChI=1S/C14H17ClF2N2O/c1-2-8-7-19(4-3-13(8)18)14(20)9-5-12(17)10(15)6-11(9)16/h5-6,8,13H,2-4,7,18H2,1H3. The molecule has 6 heteroatoms. The Morgan fingerprint density at radius 3 is 2.80 bits per heavy atom. The number of piperidine rings is 1. The molecule has 110 valence electrons. The lowest BCUT2D eigenvalue weighted by Gasteiger charge is -2.36. The summed E-state index contributed by atoms with van der Waals surface area (Å²) in [6.45, 7) is 2.93. The Kier molecular flexibility index (Phi) is 4.60. The molecule has 1 fully saturated rings. The van der Waals surface area contributed by atoms with Crippen LogP contribution < -0.4 is 5.73 Å². The van der Waals surface area contributed by atoms with Gasteiger partial charge in [-0.3, -0.25) is 4.79 Å². The zero-order valence-corrected chi connectivity index (χ0v) is 12.0. The molecule has 0 saturated carbocycles. The van der Waals surface area contributed by atoms with E-state index < -0.39 is 17.5 Å². The first kappa shape index (κ1) is 15.2. The minimum absolute atomic E-state index is 0.0517. The van der Waals surface area contributed by atoms with Gasteiger partial charge in [-0.1, -0.05) is 24.9 Å². The van der Waals surface area contributed by atoms with Crippen LogP contribution in [-0.4, -0.2) is 29.9 Å². The van der Waals surface area contributed by atoms with Crippen LogP contribution in [0.5, 0.6) is 0 Å². The van der Waals surface area contributed by atoms with Crippen LogP contribution in [0.1, 0.15) is 30.1 Å². The highest BCUT2D eigenvalue weighted by atomic mass is 35.5. The molecule has 20 heavy (non-hydrogen) atoms. The molecule has 1 amide bonds. The average molecular weight is 303 g/mol. The molecular weight excluding hydrogens is 286 g/mol. The molecule has 1 aromatic carbocycles. The molecule has 0 spiro atoms. The van der Waals surface area contributed by atoms with Gasteiger partial charge in [-0.15, -0.1) is 0 Å². The third-order valence-electron chi connectivity index (χ3n) is 3.84. The minimum atomic E-state index is -0.802. The van der Waals surface area contributed by atoms with Crippen molar-refractivity contribution in [1.82, 2.24) is 4.90 Å². The van der Waals surface area contributed by atoms with E-state index in [2.05, 4.69) is 0 Å². The monoisotopic (exact) mass is 302 g/mol. The van der Waals surface area contributed by atoms with Crippen molar-refractivity contribution in [3.8, 4) is 0 Å². The first-order valence-corrected chi connectivity index (χ1v) is 7.01. The van der Waals surface area contributed by atoms with Crippen LogP contribution in [-0.2, 0) is 0 Å². The van der Waals surface area contributed by atoms with Crippen LogP contribution >= 0.6 is 11.6 Å². The molecule has 1 aromatic rings. The highest BCUT2D eigenvalue weighted by Crippen LogP contribution is 2.24. The number of nitrogens with two attached hydrogens (primary N) is 1. The Labute approximate surface area is 121 Å². The van der Waals surface area contributed by atoms with Gasteiger partial charge in [0.15, 0.2) is 0 Å². The fraction of sp³-hybridized carbons (Fsp3) is 0.500. The van der Waals surface area contributed by atoms with Crippen LogP contribution in [0.3, 0.4) is 0 Å². The first-order valence-electron chi connectivity index (χ1n) is 6.63. The predicted octanol–water partition coefficient (Wildman–Crippen LogP) is 2.82. The van der Waals surface area contributed by atoms with Gasteiger partial charge in [0.1, 0.15) is 11.6 Å². The smallest absolute Gasteiger partial charge is 0.256 e. The molecule has 1 heterocycles. The number of amides is 1. The molecule has 1 aliphatic rings. The number of rotatable bonds is 2. The van der Waals surface area contributed by atoms with Gasteiger partial charge in [0.2, 0.25) is 0 Å². The van der Waals surface area contributed by atoms with Gasteiger partial charge in [0, 0.05) is 19.1 Å². The summed E-state index contributed by atoms with van der Waals surface area (Å²) in [7, 11) is 0. The van der Waals surface area contributed by atoms with Gasteiger partial charge in [-0.25, -0.2) is 8.78 Å². The Balaban J connectivity index is 2.21. The molecule has 2 unspecified atom stereocenters. The van der Waals surface area contributed by atoms with E-state index in [1.54, 1.807) is 0 Å². The highest BCUT2D eigenvalue weighted by molar-refractivity contribution is 6.30. The van der Waals surface area contributed by atoms with E-state index in [0.29, 0.717) is 19.5 Å². The third-order valence-corrected chi connectivity index (χ3v) is 4.13. The molecule has 2 N–H and O–H groups in total. The quantitative estimate of drug-likeness (QED) is 0.854. The van der Waals surface area contributed by atoms with Crippen molar-refractivity contribution in [1.29, 1.82) is 0 Å². The molecule has 2 rings (SSSR count). The number of hydrogen-bond donors (Lipinski definition) is 1. The first-order chi connectivity index (χ1) is 9.43. The SMILES string of the molecule is CCC1CN(C(=O)c2cc(F)c(Cl)cc2F)CCC1N. The Morgan fingerprint density at radius 2 is 2.15 bits per heavy atom. The molecule has 1 saturated heterocycles. The summed E-state index contributed by atoms with van der Waals surface area (Å²) in [5.74, 6) is -1.92. The van der Waals surface area contributed by atoms with Crippen molar-refractivity contribution in [2.24, 2.45) is 11.7 Å². The van der Waals surface area contributed by atoms with Gasteiger partial charge < -0.3 is 10.6 Å². The Morgan fingerprint density at radius 1 is 1.45 bits per heavy atom. The van der Waals surface area contributed by atoms with Gasteiger partial charge in [0.25, 0.3) is 5.91 Å². The van der Waals surface area contributed by atoms with Crippen molar-refractivity contribution in [3.05, 3.63) is 34.4 Å². The lowest BCUT2D eigenvalue weighted by Crippen LogP contribution is -2.49. The normalized spacial score (nSPS) is 22.9. The topological polar surface area (TPSA) is 46.3 Å². The molecule has 0 aliphatic carbocycles. The maximum Gasteiger partial charge on any atom is 0.256 e. The van der Waals surface area contributed by atoms with E-state index in [-0.39, 0.29) is 22.5 Å². The lowest BCUT2D eigenvalue weighted by molar-refractivity contribution is 0.0644. The molecule has 3 nitrogen and oxygen atoms in total. The molecule has 2 atom stereocenters. The summed E-state index contributed by atoms with van der Waals surface area (Å²) in [6.07, 6.45) is 1.52. The third kappa shape index (κ3) is 2.94. The van der Waals surface area contributed by atoms with Gasteiger partial charge in [-0.05, 0) is 24.5 Å². The second-order valence-corrected chi connectivity index (χ2v) is 5.53. The van der Waals surface area contributed by atoms with E-state index in [1.807, 2.05) is 6.92 Å². The average Bonchev–Trinajstić information content (AvgIpc) is 2.42. The summed E-state index contributed by atoms with van der Waals surface area (Å²) in [5, 5.41) is -0.328. The van der Waals surface area contributed by atoms with E-state index in [1.165, 1.54) is 4.90 Å². The van der Waals surface area contributed by atoms with Gasteiger partial charge >= 0.3 is 0 Å². The molecule has 1 aliphatic heterocycles. The van der Waals surface area contributed by atoms with Crippen LogP contribution in [0, 0.1) is 17.6 Å². The van der Waals surface area contributed by atoms with Crippen molar-refractivity contribution in [3.63, 3.8) is 0 Å².